The van der Waals surface area contributed by atoms with Crippen LogP contribution in [0.2, 0.25) is 0 Å². The average molecular weight is 237 g/mol. The molecule has 2 atom stereocenters. The molecule has 4 heteroatoms. The number of carboxylic acid groups (broad SMARTS) is 1. The average Bonchev–Trinajstić information content (AvgIpc) is 2.29. The Bertz CT molecular complexity index is 353. The molecule has 0 bridgehead atoms. The highest BCUT2D eigenvalue weighted by molar-refractivity contribution is 5.74. The van der Waals surface area contributed by atoms with E-state index in [2.05, 4.69) is 0 Å². The van der Waals surface area contributed by atoms with Gasteiger partial charge in [-0.3, -0.25) is 9.69 Å². The van der Waals surface area contributed by atoms with Gasteiger partial charge in [-0.1, -0.05) is 30.3 Å². The largest absolute Gasteiger partial charge is 0.480 e. The van der Waals surface area contributed by atoms with E-state index in [0.29, 0.717) is 6.54 Å². The fourth-order valence-electron chi connectivity index (χ4n) is 1.85. The number of benzene rings is 1. The highest BCUT2D eigenvalue weighted by Crippen LogP contribution is 2.11. The molecule has 1 aromatic carbocycles. The summed E-state index contributed by atoms with van der Waals surface area (Å²) in [6.07, 6.45) is -0.346. The maximum Gasteiger partial charge on any atom is 0.323 e. The molecule has 0 aliphatic heterocycles. The summed E-state index contributed by atoms with van der Waals surface area (Å²) in [4.78, 5) is 13.0. The summed E-state index contributed by atoms with van der Waals surface area (Å²) >= 11 is 0. The fraction of sp³-hybridized carbons (Fsp3) is 0.462. The number of carbonyl (C=O) groups is 1. The molecule has 4 nitrogen and oxygen atoms in total. The number of aliphatic carboxylic acids is 1. The van der Waals surface area contributed by atoms with Gasteiger partial charge in [0.2, 0.25) is 0 Å². The van der Waals surface area contributed by atoms with Gasteiger partial charge in [-0.05, 0) is 19.5 Å². The number of hydrogen-bond acceptors (Lipinski definition) is 3. The van der Waals surface area contributed by atoms with Gasteiger partial charge in [-0.15, -0.1) is 0 Å². The quantitative estimate of drug-likeness (QED) is 0.816. The number of ether oxygens (including phenoxy) is 1. The van der Waals surface area contributed by atoms with E-state index in [-0.39, 0.29) is 6.10 Å². The first-order chi connectivity index (χ1) is 8.06. The van der Waals surface area contributed by atoms with Gasteiger partial charge in [0.15, 0.2) is 0 Å². The molecular formula is C13H19NO3. The number of likely N-dealkylation sites (N-methyl/N-ethyl adjacent to an activating group) is 1. The van der Waals surface area contributed by atoms with Crippen molar-refractivity contribution in [3.05, 3.63) is 35.9 Å². The predicted octanol–water partition coefficient (Wildman–Crippen LogP) is 1.61. The molecule has 0 aliphatic rings. The Morgan fingerprint density at radius 1 is 1.41 bits per heavy atom. The lowest BCUT2D eigenvalue weighted by Gasteiger charge is -2.28. The van der Waals surface area contributed by atoms with Crippen LogP contribution in [0, 0.1) is 0 Å². The second-order valence-electron chi connectivity index (χ2n) is 4.12. The van der Waals surface area contributed by atoms with E-state index in [1.807, 2.05) is 30.3 Å². The zero-order valence-electron chi connectivity index (χ0n) is 10.5. The van der Waals surface area contributed by atoms with E-state index in [1.165, 1.54) is 7.11 Å². The van der Waals surface area contributed by atoms with Crippen LogP contribution in [0.15, 0.2) is 30.3 Å². The summed E-state index contributed by atoms with van der Waals surface area (Å²) in [5, 5.41) is 9.20. The topological polar surface area (TPSA) is 49.8 Å². The Morgan fingerprint density at radius 2 is 2.00 bits per heavy atom. The van der Waals surface area contributed by atoms with Crippen molar-refractivity contribution in [1.82, 2.24) is 4.90 Å². The second-order valence-corrected chi connectivity index (χ2v) is 4.12. The fourth-order valence-corrected chi connectivity index (χ4v) is 1.85. The van der Waals surface area contributed by atoms with Crippen LogP contribution in [0.4, 0.5) is 0 Å². The van der Waals surface area contributed by atoms with E-state index in [4.69, 9.17) is 4.74 Å². The van der Waals surface area contributed by atoms with Crippen LogP contribution in [-0.4, -0.2) is 42.3 Å². The number of carboxylic acids is 1. The van der Waals surface area contributed by atoms with E-state index in [0.717, 1.165) is 5.56 Å². The molecule has 17 heavy (non-hydrogen) atoms. The summed E-state index contributed by atoms with van der Waals surface area (Å²) in [6, 6.07) is 9.15. The van der Waals surface area contributed by atoms with Gasteiger partial charge in [0, 0.05) is 13.7 Å². The molecule has 1 aromatic rings. The van der Waals surface area contributed by atoms with Crippen molar-refractivity contribution in [3.63, 3.8) is 0 Å². The number of rotatable bonds is 6. The van der Waals surface area contributed by atoms with Crippen molar-refractivity contribution < 1.29 is 14.6 Å². The van der Waals surface area contributed by atoms with Crippen LogP contribution in [0.1, 0.15) is 12.5 Å². The zero-order valence-corrected chi connectivity index (χ0v) is 10.5. The van der Waals surface area contributed by atoms with E-state index in [1.54, 1.807) is 18.9 Å². The van der Waals surface area contributed by atoms with Crippen LogP contribution in [0.3, 0.4) is 0 Å². The Hall–Kier alpha value is -1.39. The van der Waals surface area contributed by atoms with Crippen LogP contribution >= 0.6 is 0 Å². The van der Waals surface area contributed by atoms with Crippen molar-refractivity contribution in [1.29, 1.82) is 0 Å². The lowest BCUT2D eigenvalue weighted by Crippen LogP contribution is -2.46. The maximum absolute atomic E-state index is 11.2. The predicted molar refractivity (Wildman–Crippen MR) is 65.8 cm³/mol. The minimum atomic E-state index is -0.863. The molecule has 0 spiro atoms. The molecule has 2 unspecified atom stereocenters. The zero-order chi connectivity index (χ0) is 12.8. The van der Waals surface area contributed by atoms with Crippen molar-refractivity contribution in [2.75, 3.05) is 14.2 Å². The molecule has 1 rings (SSSR count). The minimum Gasteiger partial charge on any atom is -0.480 e. The van der Waals surface area contributed by atoms with Gasteiger partial charge in [-0.2, -0.15) is 0 Å². The minimum absolute atomic E-state index is 0.346. The van der Waals surface area contributed by atoms with Crippen LogP contribution in [0.25, 0.3) is 0 Å². The standard InChI is InChI=1S/C13H19NO3/c1-10(17-3)12(13(15)16)14(2)9-11-7-5-4-6-8-11/h4-8,10,12H,9H2,1-3H3,(H,15,16). The third-order valence-corrected chi connectivity index (χ3v) is 2.82. The molecule has 0 aromatic heterocycles. The SMILES string of the molecule is COC(C)C(C(=O)O)N(C)Cc1ccccc1. The van der Waals surface area contributed by atoms with Crippen LogP contribution < -0.4 is 0 Å². The Balaban J connectivity index is 2.72. The summed E-state index contributed by atoms with van der Waals surface area (Å²) in [6.45, 7) is 2.35. The molecule has 0 saturated heterocycles. The van der Waals surface area contributed by atoms with Crippen molar-refractivity contribution in [2.45, 2.75) is 25.6 Å². The van der Waals surface area contributed by atoms with E-state index in [9.17, 15) is 9.90 Å². The monoisotopic (exact) mass is 237 g/mol. The Morgan fingerprint density at radius 3 is 2.47 bits per heavy atom. The van der Waals surface area contributed by atoms with Gasteiger partial charge >= 0.3 is 5.97 Å². The molecule has 0 saturated carbocycles. The maximum atomic E-state index is 11.2. The van der Waals surface area contributed by atoms with Crippen molar-refractivity contribution in [3.8, 4) is 0 Å². The van der Waals surface area contributed by atoms with E-state index < -0.39 is 12.0 Å². The Kier molecular flexibility index (Phi) is 5.12. The van der Waals surface area contributed by atoms with Crippen LogP contribution in [0.5, 0.6) is 0 Å². The van der Waals surface area contributed by atoms with Crippen molar-refractivity contribution >= 4 is 5.97 Å². The summed E-state index contributed by atoms with van der Waals surface area (Å²) in [7, 11) is 3.32. The highest BCUT2D eigenvalue weighted by atomic mass is 16.5. The molecule has 0 fully saturated rings. The first-order valence-electron chi connectivity index (χ1n) is 5.56. The number of nitrogens with zero attached hydrogens (tertiary/aromatic N) is 1. The molecule has 0 radical (unpaired) electrons. The lowest BCUT2D eigenvalue weighted by atomic mass is 10.1. The van der Waals surface area contributed by atoms with Gasteiger partial charge in [-0.25, -0.2) is 0 Å². The highest BCUT2D eigenvalue weighted by Gasteiger charge is 2.28. The molecular weight excluding hydrogens is 218 g/mol. The molecule has 0 heterocycles. The third-order valence-electron chi connectivity index (χ3n) is 2.82. The summed E-state index contributed by atoms with van der Waals surface area (Å²) < 4.78 is 5.11. The van der Waals surface area contributed by atoms with Gasteiger partial charge in [0.25, 0.3) is 0 Å². The number of hydrogen-bond donors (Lipinski definition) is 1. The number of methoxy groups -OCH3 is 1. The second kappa shape index (κ2) is 6.37. The normalized spacial score (nSPS) is 14.6. The van der Waals surface area contributed by atoms with Gasteiger partial charge < -0.3 is 9.84 Å². The first-order valence-corrected chi connectivity index (χ1v) is 5.56. The smallest absolute Gasteiger partial charge is 0.323 e. The summed E-state index contributed by atoms with van der Waals surface area (Å²) in [5.74, 6) is -0.863. The van der Waals surface area contributed by atoms with E-state index >= 15 is 0 Å². The Labute approximate surface area is 102 Å². The van der Waals surface area contributed by atoms with Crippen LogP contribution in [-0.2, 0) is 16.1 Å². The molecule has 1 N–H and O–H groups in total. The van der Waals surface area contributed by atoms with Gasteiger partial charge in [0.1, 0.15) is 6.04 Å². The molecule has 94 valence electrons. The third kappa shape index (κ3) is 3.84. The molecule has 0 amide bonds. The van der Waals surface area contributed by atoms with Crippen molar-refractivity contribution in [2.24, 2.45) is 0 Å². The molecule has 0 aliphatic carbocycles. The first kappa shape index (κ1) is 13.7. The van der Waals surface area contributed by atoms with Gasteiger partial charge in [0.05, 0.1) is 6.10 Å². The summed E-state index contributed by atoms with van der Waals surface area (Å²) in [5.41, 5.74) is 1.09. The lowest BCUT2D eigenvalue weighted by molar-refractivity contribution is -0.147.